The summed E-state index contributed by atoms with van der Waals surface area (Å²) in [4.78, 5) is 30.9. The molecule has 3 fully saturated rings. The van der Waals surface area contributed by atoms with E-state index in [1.807, 2.05) is 11.0 Å². The molecule has 3 aliphatic rings. The highest BCUT2D eigenvalue weighted by Gasteiger charge is 2.51. The molecule has 2 bridgehead atoms. The summed E-state index contributed by atoms with van der Waals surface area (Å²) in [5.74, 6) is -0.263. The number of nitriles is 2. The Morgan fingerprint density at radius 3 is 2.82 bits per heavy atom. The van der Waals surface area contributed by atoms with Crippen molar-refractivity contribution in [3.05, 3.63) is 29.8 Å². The first-order chi connectivity index (χ1) is 13.5. The van der Waals surface area contributed by atoms with Crippen molar-refractivity contribution in [3.8, 4) is 12.1 Å². The van der Waals surface area contributed by atoms with E-state index in [9.17, 15) is 20.1 Å². The van der Waals surface area contributed by atoms with E-state index in [4.69, 9.17) is 5.73 Å². The molecule has 0 aromatic heterocycles. The Bertz CT molecular complexity index is 887. The predicted molar refractivity (Wildman–Crippen MR) is 101 cm³/mol. The summed E-state index contributed by atoms with van der Waals surface area (Å²) in [5, 5.41) is 18.5. The van der Waals surface area contributed by atoms with Gasteiger partial charge in [-0.3, -0.25) is 14.5 Å². The fraction of sp³-hybridized carbons (Fsp3) is 0.500. The van der Waals surface area contributed by atoms with E-state index in [1.54, 1.807) is 28.0 Å². The van der Waals surface area contributed by atoms with Crippen LogP contribution in [0.3, 0.4) is 0 Å². The third-order valence-electron chi connectivity index (χ3n) is 5.99. The summed E-state index contributed by atoms with van der Waals surface area (Å²) in [6.45, 7) is 1.49. The van der Waals surface area contributed by atoms with Crippen LogP contribution in [0.2, 0.25) is 0 Å². The second-order valence-corrected chi connectivity index (χ2v) is 7.62. The van der Waals surface area contributed by atoms with Crippen LogP contribution < -0.4 is 10.6 Å². The van der Waals surface area contributed by atoms with Crippen LogP contribution in [-0.4, -0.2) is 65.4 Å². The minimum absolute atomic E-state index is 0.0204. The number of amides is 2. The van der Waals surface area contributed by atoms with E-state index in [1.165, 1.54) is 0 Å². The zero-order chi connectivity index (χ0) is 19.8. The molecule has 1 aromatic carbocycles. The molecule has 8 heteroatoms. The number of piperazine rings is 1. The Hall–Kier alpha value is -2.94. The molecule has 3 aliphatic heterocycles. The van der Waals surface area contributed by atoms with Crippen molar-refractivity contribution >= 4 is 17.5 Å². The number of fused-ring (bicyclic) bond motifs is 2. The Morgan fingerprint density at radius 1 is 1.32 bits per heavy atom. The lowest BCUT2D eigenvalue weighted by Crippen LogP contribution is -2.56. The topological polar surface area (TPSA) is 117 Å². The van der Waals surface area contributed by atoms with Gasteiger partial charge >= 0.3 is 0 Å². The SMILES string of the molecule is N#Cc1ccccc1N1C(=O)[C@@H]2CC1CN2CC(N)C(=O)N1CCCC1C#N. The highest BCUT2D eigenvalue weighted by Crippen LogP contribution is 2.37. The zero-order valence-electron chi connectivity index (χ0n) is 15.5. The van der Waals surface area contributed by atoms with Gasteiger partial charge in [-0.1, -0.05) is 12.1 Å². The largest absolute Gasteiger partial charge is 0.325 e. The van der Waals surface area contributed by atoms with Crippen molar-refractivity contribution in [1.82, 2.24) is 9.80 Å². The maximum absolute atomic E-state index is 12.9. The lowest BCUT2D eigenvalue weighted by molar-refractivity contribution is -0.134. The van der Waals surface area contributed by atoms with Crippen LogP contribution in [0.1, 0.15) is 24.8 Å². The van der Waals surface area contributed by atoms with Crippen molar-refractivity contribution < 1.29 is 9.59 Å². The molecule has 0 radical (unpaired) electrons. The third kappa shape index (κ3) is 2.91. The molecule has 2 amide bonds. The number of nitrogens with two attached hydrogens (primary N) is 1. The number of nitrogens with zero attached hydrogens (tertiary/aromatic N) is 5. The number of hydrogen-bond acceptors (Lipinski definition) is 6. The zero-order valence-corrected chi connectivity index (χ0v) is 15.5. The maximum Gasteiger partial charge on any atom is 0.244 e. The minimum atomic E-state index is -0.749. The monoisotopic (exact) mass is 378 g/mol. The maximum atomic E-state index is 12.9. The molecule has 0 spiro atoms. The molecular formula is C20H22N6O2. The number of hydrogen-bond donors (Lipinski definition) is 1. The molecular weight excluding hydrogens is 356 g/mol. The van der Waals surface area contributed by atoms with E-state index in [0.717, 1.165) is 6.42 Å². The Kier molecular flexibility index (Phi) is 4.76. The molecule has 0 aliphatic carbocycles. The first-order valence-corrected chi connectivity index (χ1v) is 9.57. The standard InChI is InChI=1S/C20H22N6O2/c21-9-13-4-1-2-6-17(13)26-15-8-18(20(26)28)24(11-15)12-16(23)19(27)25-7-3-5-14(25)10-22/h1-2,4,6,14-16,18H,3,5,7-8,11-12,23H2/t14?,15?,16?,18-/m0/s1. The Balaban J connectivity index is 1.44. The summed E-state index contributed by atoms with van der Waals surface area (Å²) in [7, 11) is 0. The van der Waals surface area contributed by atoms with Crippen molar-refractivity contribution in [2.75, 3.05) is 24.5 Å². The highest BCUT2D eigenvalue weighted by atomic mass is 16.2. The van der Waals surface area contributed by atoms with Gasteiger partial charge in [-0.2, -0.15) is 10.5 Å². The van der Waals surface area contributed by atoms with E-state index < -0.39 is 12.1 Å². The summed E-state index contributed by atoms with van der Waals surface area (Å²) in [6, 6.07) is 9.94. The van der Waals surface area contributed by atoms with Gasteiger partial charge in [-0.15, -0.1) is 0 Å². The number of carbonyl (C=O) groups excluding carboxylic acids is 2. The van der Waals surface area contributed by atoms with Gasteiger partial charge < -0.3 is 15.5 Å². The van der Waals surface area contributed by atoms with Crippen LogP contribution in [0.5, 0.6) is 0 Å². The molecule has 2 N–H and O–H groups in total. The van der Waals surface area contributed by atoms with Gasteiger partial charge in [-0.25, -0.2) is 0 Å². The summed E-state index contributed by atoms with van der Waals surface area (Å²) in [6.07, 6.45) is 2.18. The number of benzene rings is 1. The van der Waals surface area contributed by atoms with Crippen LogP contribution in [0.15, 0.2) is 24.3 Å². The first kappa shape index (κ1) is 18.4. The predicted octanol–water partition coefficient (Wildman–Crippen LogP) is 0.190. The molecule has 0 saturated carbocycles. The van der Waals surface area contributed by atoms with Crippen LogP contribution in [-0.2, 0) is 9.59 Å². The number of para-hydroxylation sites is 1. The van der Waals surface area contributed by atoms with Crippen LogP contribution in [0.25, 0.3) is 0 Å². The normalized spacial score (nSPS) is 27.7. The molecule has 3 unspecified atom stereocenters. The molecule has 8 nitrogen and oxygen atoms in total. The van der Waals surface area contributed by atoms with Crippen molar-refractivity contribution in [2.24, 2.45) is 5.73 Å². The summed E-state index contributed by atoms with van der Waals surface area (Å²) < 4.78 is 0. The van der Waals surface area contributed by atoms with Gasteiger partial charge in [-0.05, 0) is 31.4 Å². The van der Waals surface area contributed by atoms with Crippen LogP contribution in [0, 0.1) is 22.7 Å². The molecule has 28 heavy (non-hydrogen) atoms. The van der Waals surface area contributed by atoms with Crippen LogP contribution >= 0.6 is 0 Å². The van der Waals surface area contributed by atoms with Crippen molar-refractivity contribution in [3.63, 3.8) is 0 Å². The summed E-state index contributed by atoms with van der Waals surface area (Å²) >= 11 is 0. The van der Waals surface area contributed by atoms with Gasteiger partial charge in [0.2, 0.25) is 11.8 Å². The molecule has 3 saturated heterocycles. The van der Waals surface area contributed by atoms with Crippen molar-refractivity contribution in [1.29, 1.82) is 10.5 Å². The van der Waals surface area contributed by atoms with E-state index >= 15 is 0 Å². The molecule has 144 valence electrons. The van der Waals surface area contributed by atoms with E-state index in [0.29, 0.717) is 43.7 Å². The third-order valence-corrected chi connectivity index (χ3v) is 5.99. The Labute approximate surface area is 163 Å². The van der Waals surface area contributed by atoms with E-state index in [2.05, 4.69) is 12.1 Å². The fourth-order valence-corrected chi connectivity index (χ4v) is 4.67. The number of carbonyl (C=O) groups is 2. The van der Waals surface area contributed by atoms with E-state index in [-0.39, 0.29) is 23.9 Å². The second kappa shape index (κ2) is 7.23. The summed E-state index contributed by atoms with van der Waals surface area (Å²) in [5.41, 5.74) is 7.29. The first-order valence-electron chi connectivity index (χ1n) is 9.57. The van der Waals surface area contributed by atoms with Gasteiger partial charge in [0.15, 0.2) is 0 Å². The fourth-order valence-electron chi connectivity index (χ4n) is 4.67. The second-order valence-electron chi connectivity index (χ2n) is 7.62. The van der Waals surface area contributed by atoms with Gasteiger partial charge in [0.05, 0.1) is 35.4 Å². The smallest absolute Gasteiger partial charge is 0.244 e. The molecule has 1 aromatic rings. The number of rotatable bonds is 4. The van der Waals surface area contributed by atoms with Crippen LogP contribution in [0.4, 0.5) is 5.69 Å². The number of likely N-dealkylation sites (tertiary alicyclic amines) is 2. The van der Waals surface area contributed by atoms with Crippen molar-refractivity contribution in [2.45, 2.75) is 43.4 Å². The highest BCUT2D eigenvalue weighted by molar-refractivity contribution is 6.02. The lowest BCUT2D eigenvalue weighted by atomic mass is 10.1. The molecule has 3 heterocycles. The van der Waals surface area contributed by atoms with Gasteiger partial charge in [0.1, 0.15) is 12.1 Å². The van der Waals surface area contributed by atoms with Gasteiger partial charge in [0, 0.05) is 19.6 Å². The molecule has 4 atom stereocenters. The lowest BCUT2D eigenvalue weighted by Gasteiger charge is -2.35. The average molecular weight is 378 g/mol. The molecule has 4 rings (SSSR count). The number of anilines is 1. The quantitative estimate of drug-likeness (QED) is 0.799. The Morgan fingerprint density at radius 2 is 2.11 bits per heavy atom. The van der Waals surface area contributed by atoms with Gasteiger partial charge in [0.25, 0.3) is 0 Å². The minimum Gasteiger partial charge on any atom is -0.325 e. The average Bonchev–Trinajstić information content (AvgIpc) is 3.41.